The summed E-state index contributed by atoms with van der Waals surface area (Å²) in [5.41, 5.74) is 6.60. The minimum absolute atomic E-state index is 0.127. The number of aryl methyl sites for hydroxylation is 1. The van der Waals surface area contributed by atoms with E-state index in [0.29, 0.717) is 37.6 Å². The van der Waals surface area contributed by atoms with Crippen molar-refractivity contribution in [1.82, 2.24) is 5.32 Å². The standard InChI is InChI=1S/C29H30BrNO4/c1-3-34-25-15-19(14-20(30)29(25)35-16-18-12-10-17(2)11-13-18)26-27-21(6-4-8-23(27)32)31-22-7-5-9-24(33)28(22)26/h10-15,26,31H,3-9,16H2,1-2H3. The lowest BCUT2D eigenvalue weighted by Crippen LogP contribution is -2.36. The number of carbonyl (C=O) groups is 2. The molecule has 0 amide bonds. The van der Waals surface area contributed by atoms with Gasteiger partial charge in [0.2, 0.25) is 0 Å². The minimum Gasteiger partial charge on any atom is -0.490 e. The van der Waals surface area contributed by atoms with Gasteiger partial charge in [-0.05, 0) is 78.7 Å². The van der Waals surface area contributed by atoms with Gasteiger partial charge in [0.05, 0.1) is 11.1 Å². The molecule has 0 aromatic heterocycles. The summed E-state index contributed by atoms with van der Waals surface area (Å²) in [6, 6.07) is 12.2. The maximum Gasteiger partial charge on any atom is 0.175 e. The van der Waals surface area contributed by atoms with Crippen molar-refractivity contribution in [2.45, 2.75) is 64.9 Å². The van der Waals surface area contributed by atoms with Crippen LogP contribution in [0.15, 0.2) is 63.4 Å². The van der Waals surface area contributed by atoms with E-state index < -0.39 is 0 Å². The Bertz CT molecular complexity index is 1200. The molecule has 5 nitrogen and oxygen atoms in total. The molecule has 0 fully saturated rings. The van der Waals surface area contributed by atoms with E-state index >= 15 is 0 Å². The van der Waals surface area contributed by atoms with Gasteiger partial charge in [0.15, 0.2) is 23.1 Å². The fraction of sp³-hybridized carbons (Fsp3) is 0.379. The predicted molar refractivity (Wildman–Crippen MR) is 138 cm³/mol. The molecule has 0 unspecified atom stereocenters. The Morgan fingerprint density at radius 3 is 2.14 bits per heavy atom. The molecule has 0 saturated heterocycles. The number of halogens is 1. The molecule has 0 atom stereocenters. The molecule has 2 aliphatic carbocycles. The molecule has 2 aromatic carbocycles. The van der Waals surface area contributed by atoms with Gasteiger partial charge in [-0.2, -0.15) is 0 Å². The Morgan fingerprint density at radius 2 is 1.54 bits per heavy atom. The molecule has 2 aromatic rings. The number of allylic oxidation sites excluding steroid dienone is 4. The molecule has 5 rings (SSSR count). The Labute approximate surface area is 214 Å². The predicted octanol–water partition coefficient (Wildman–Crippen LogP) is 6.44. The normalized spacial score (nSPS) is 18.3. The van der Waals surface area contributed by atoms with Crippen LogP contribution < -0.4 is 14.8 Å². The number of nitrogens with one attached hydrogen (secondary N) is 1. The van der Waals surface area contributed by atoms with Gasteiger partial charge in [-0.15, -0.1) is 0 Å². The highest BCUT2D eigenvalue weighted by molar-refractivity contribution is 9.10. The first kappa shape index (κ1) is 23.9. The molecule has 0 saturated carbocycles. The van der Waals surface area contributed by atoms with Gasteiger partial charge in [0, 0.05) is 41.3 Å². The molecular weight excluding hydrogens is 506 g/mol. The largest absolute Gasteiger partial charge is 0.490 e. The SMILES string of the molecule is CCOc1cc(C2C3=C(CCCC3=O)NC3=C2C(=O)CCC3)cc(Br)c1OCc1ccc(C)cc1. The van der Waals surface area contributed by atoms with E-state index in [0.717, 1.165) is 63.8 Å². The van der Waals surface area contributed by atoms with Gasteiger partial charge in [-0.3, -0.25) is 9.59 Å². The van der Waals surface area contributed by atoms with E-state index in [1.165, 1.54) is 5.56 Å². The Kier molecular flexibility index (Phi) is 6.83. The second-order valence-electron chi connectivity index (χ2n) is 9.43. The smallest absolute Gasteiger partial charge is 0.175 e. The maximum absolute atomic E-state index is 13.1. The van der Waals surface area contributed by atoms with Gasteiger partial charge in [0.1, 0.15) is 6.61 Å². The molecule has 1 heterocycles. The number of ketones is 2. The zero-order valence-electron chi connectivity index (χ0n) is 20.2. The number of rotatable bonds is 6. The monoisotopic (exact) mass is 535 g/mol. The highest BCUT2D eigenvalue weighted by Crippen LogP contribution is 2.48. The lowest BCUT2D eigenvalue weighted by molar-refractivity contribution is -0.116. The van der Waals surface area contributed by atoms with Crippen molar-refractivity contribution < 1.29 is 19.1 Å². The first-order valence-electron chi connectivity index (χ1n) is 12.4. The number of Topliss-reactive ketones (excluding diaryl/α,β-unsaturated/α-hetero) is 2. The number of ether oxygens (including phenoxy) is 2. The summed E-state index contributed by atoms with van der Waals surface area (Å²) in [6.07, 6.45) is 4.39. The maximum atomic E-state index is 13.1. The van der Waals surface area contributed by atoms with Crippen molar-refractivity contribution >= 4 is 27.5 Å². The van der Waals surface area contributed by atoms with Crippen LogP contribution in [0.4, 0.5) is 0 Å². The van der Waals surface area contributed by atoms with Gasteiger partial charge in [0.25, 0.3) is 0 Å². The van der Waals surface area contributed by atoms with Crippen molar-refractivity contribution in [1.29, 1.82) is 0 Å². The second-order valence-corrected chi connectivity index (χ2v) is 10.3. The van der Waals surface area contributed by atoms with Crippen molar-refractivity contribution in [3.63, 3.8) is 0 Å². The molecule has 0 radical (unpaired) electrons. The summed E-state index contributed by atoms with van der Waals surface area (Å²) in [6.45, 7) is 4.88. The van der Waals surface area contributed by atoms with Gasteiger partial charge < -0.3 is 14.8 Å². The van der Waals surface area contributed by atoms with Gasteiger partial charge >= 0.3 is 0 Å². The first-order chi connectivity index (χ1) is 17.0. The molecule has 1 N–H and O–H groups in total. The fourth-order valence-corrected chi connectivity index (χ4v) is 5.89. The third-order valence-corrected chi connectivity index (χ3v) is 7.55. The summed E-state index contributed by atoms with van der Waals surface area (Å²) in [5, 5.41) is 3.48. The van der Waals surface area contributed by atoms with Crippen LogP contribution in [-0.4, -0.2) is 18.2 Å². The van der Waals surface area contributed by atoms with E-state index in [2.05, 4.69) is 52.4 Å². The quantitative estimate of drug-likeness (QED) is 0.461. The summed E-state index contributed by atoms with van der Waals surface area (Å²) >= 11 is 3.70. The van der Waals surface area contributed by atoms with Gasteiger partial charge in [-0.1, -0.05) is 29.8 Å². The van der Waals surface area contributed by atoms with Crippen molar-refractivity contribution in [2.24, 2.45) is 0 Å². The average molecular weight is 536 g/mol. The molecule has 3 aliphatic rings. The lowest BCUT2D eigenvalue weighted by Gasteiger charge is -2.37. The van der Waals surface area contributed by atoms with Crippen molar-refractivity contribution in [3.05, 3.63) is 80.1 Å². The van der Waals surface area contributed by atoms with E-state index in [1.807, 2.05) is 19.1 Å². The Balaban J connectivity index is 1.56. The Morgan fingerprint density at radius 1 is 0.914 bits per heavy atom. The number of hydrogen-bond donors (Lipinski definition) is 1. The van der Waals surface area contributed by atoms with Crippen molar-refractivity contribution in [2.75, 3.05) is 6.61 Å². The fourth-order valence-electron chi connectivity index (χ4n) is 5.31. The molecule has 6 heteroatoms. The third-order valence-electron chi connectivity index (χ3n) is 6.96. The Hall–Kier alpha value is -2.86. The number of dihydropyridines is 1. The van der Waals surface area contributed by atoms with Crippen LogP contribution >= 0.6 is 15.9 Å². The van der Waals surface area contributed by atoms with E-state index in [1.54, 1.807) is 0 Å². The summed E-state index contributed by atoms with van der Waals surface area (Å²) in [4.78, 5) is 26.3. The highest BCUT2D eigenvalue weighted by Gasteiger charge is 2.40. The summed E-state index contributed by atoms with van der Waals surface area (Å²) in [5.74, 6) is 1.12. The summed E-state index contributed by atoms with van der Waals surface area (Å²) < 4.78 is 13.0. The van der Waals surface area contributed by atoms with Crippen LogP contribution in [0.2, 0.25) is 0 Å². The number of hydrogen-bond acceptors (Lipinski definition) is 5. The number of benzene rings is 2. The molecule has 0 bridgehead atoms. The zero-order chi connectivity index (χ0) is 24.5. The molecule has 35 heavy (non-hydrogen) atoms. The van der Waals surface area contributed by atoms with Crippen LogP contribution in [0.3, 0.4) is 0 Å². The average Bonchev–Trinajstić information content (AvgIpc) is 2.84. The summed E-state index contributed by atoms with van der Waals surface area (Å²) in [7, 11) is 0. The first-order valence-corrected chi connectivity index (χ1v) is 13.2. The highest BCUT2D eigenvalue weighted by atomic mass is 79.9. The number of carbonyl (C=O) groups excluding carboxylic acids is 2. The van der Waals surface area contributed by atoms with Crippen LogP contribution in [0.25, 0.3) is 0 Å². The molecule has 0 spiro atoms. The zero-order valence-corrected chi connectivity index (χ0v) is 21.8. The van der Waals surface area contributed by atoms with E-state index in [9.17, 15) is 9.59 Å². The second kappa shape index (κ2) is 10.0. The van der Waals surface area contributed by atoms with Crippen LogP contribution in [0.5, 0.6) is 11.5 Å². The van der Waals surface area contributed by atoms with E-state index in [-0.39, 0.29) is 17.5 Å². The topological polar surface area (TPSA) is 64.6 Å². The molecular formula is C29H30BrNO4. The van der Waals surface area contributed by atoms with Gasteiger partial charge in [-0.25, -0.2) is 0 Å². The van der Waals surface area contributed by atoms with Crippen molar-refractivity contribution in [3.8, 4) is 11.5 Å². The van der Waals surface area contributed by atoms with Crippen LogP contribution in [0, 0.1) is 6.92 Å². The third kappa shape index (κ3) is 4.68. The minimum atomic E-state index is -0.372. The lowest BCUT2D eigenvalue weighted by atomic mass is 9.71. The van der Waals surface area contributed by atoms with E-state index in [4.69, 9.17) is 9.47 Å². The van der Waals surface area contributed by atoms with Crippen LogP contribution in [0.1, 0.15) is 68.1 Å². The molecule has 182 valence electrons. The molecule has 1 aliphatic heterocycles. The van der Waals surface area contributed by atoms with Crippen LogP contribution in [-0.2, 0) is 16.2 Å².